The van der Waals surface area contributed by atoms with Crippen LogP contribution in [-0.4, -0.2) is 11.8 Å². The lowest BCUT2D eigenvalue weighted by Gasteiger charge is -2.27. The molecule has 0 unspecified atom stereocenters. The number of halogens is 2. The number of rotatable bonds is 5. The van der Waals surface area contributed by atoms with E-state index in [9.17, 15) is 9.59 Å². The first kappa shape index (κ1) is 18.1. The minimum atomic E-state index is -0.618. The molecule has 0 bridgehead atoms. The van der Waals surface area contributed by atoms with E-state index in [1.807, 2.05) is 48.5 Å². The Morgan fingerprint density at radius 3 is 1.56 bits per heavy atom. The van der Waals surface area contributed by atoms with Crippen molar-refractivity contribution in [3.05, 3.63) is 57.5 Å². The number of anilines is 2. The van der Waals surface area contributed by atoms with Crippen molar-refractivity contribution in [3.63, 3.8) is 0 Å². The van der Waals surface area contributed by atoms with E-state index in [4.69, 9.17) is 0 Å². The molecule has 25 heavy (non-hydrogen) atoms. The molecule has 4 nitrogen and oxygen atoms in total. The highest BCUT2D eigenvalue weighted by atomic mass is 79.9. The molecule has 0 spiro atoms. The molecule has 2 amide bonds. The summed E-state index contributed by atoms with van der Waals surface area (Å²) >= 11 is 6.81. The summed E-state index contributed by atoms with van der Waals surface area (Å²) in [4.78, 5) is 26.0. The summed E-state index contributed by atoms with van der Waals surface area (Å²) in [6.45, 7) is 2.06. The van der Waals surface area contributed by atoms with Crippen molar-refractivity contribution in [1.29, 1.82) is 0 Å². The molecular formula is C19H18Br2N2O2. The Bertz CT molecular complexity index is 712. The largest absolute Gasteiger partial charge is 0.272 e. The van der Waals surface area contributed by atoms with Crippen molar-refractivity contribution in [2.24, 2.45) is 5.92 Å². The Morgan fingerprint density at radius 2 is 1.20 bits per heavy atom. The molecule has 0 aliphatic carbocycles. The van der Waals surface area contributed by atoms with E-state index in [0.29, 0.717) is 17.8 Å². The van der Waals surface area contributed by atoms with Crippen LogP contribution < -0.4 is 10.0 Å². The van der Waals surface area contributed by atoms with Crippen LogP contribution in [0.3, 0.4) is 0 Å². The zero-order valence-electron chi connectivity index (χ0n) is 13.8. The Morgan fingerprint density at radius 1 is 0.800 bits per heavy atom. The van der Waals surface area contributed by atoms with Crippen LogP contribution in [0.5, 0.6) is 0 Å². The Hall–Kier alpha value is -1.66. The van der Waals surface area contributed by atoms with E-state index in [2.05, 4.69) is 38.8 Å². The summed E-state index contributed by atoms with van der Waals surface area (Å²) < 4.78 is 1.85. The van der Waals surface area contributed by atoms with Crippen molar-refractivity contribution in [1.82, 2.24) is 0 Å². The van der Waals surface area contributed by atoms with Crippen molar-refractivity contribution in [3.8, 4) is 0 Å². The number of benzene rings is 2. The molecule has 1 heterocycles. The number of carbonyl (C=O) groups excluding carboxylic acids is 2. The van der Waals surface area contributed by atoms with Gasteiger partial charge in [0.25, 0.3) is 11.8 Å². The smallest absolute Gasteiger partial charge is 0.258 e. The maximum Gasteiger partial charge on any atom is 0.258 e. The van der Waals surface area contributed by atoms with E-state index < -0.39 is 5.92 Å². The van der Waals surface area contributed by atoms with Gasteiger partial charge in [0.05, 0.1) is 11.4 Å². The van der Waals surface area contributed by atoms with Gasteiger partial charge in [-0.3, -0.25) is 9.59 Å². The normalized spacial score (nSPS) is 15.3. The fourth-order valence-electron chi connectivity index (χ4n) is 2.90. The van der Waals surface area contributed by atoms with E-state index >= 15 is 0 Å². The summed E-state index contributed by atoms with van der Waals surface area (Å²) in [7, 11) is 0. The van der Waals surface area contributed by atoms with Crippen LogP contribution in [-0.2, 0) is 9.59 Å². The average Bonchev–Trinajstić information content (AvgIpc) is 2.85. The second-order valence-electron chi connectivity index (χ2n) is 5.95. The number of amides is 2. The van der Waals surface area contributed by atoms with Crippen molar-refractivity contribution < 1.29 is 9.59 Å². The lowest BCUT2D eigenvalue weighted by Crippen LogP contribution is -2.41. The van der Waals surface area contributed by atoms with Crippen LogP contribution in [0, 0.1) is 5.92 Å². The number of hydrazine groups is 1. The minimum absolute atomic E-state index is 0.163. The number of nitrogens with zero attached hydrogens (tertiary/aromatic N) is 2. The number of carbonyl (C=O) groups is 2. The molecule has 2 aromatic rings. The van der Waals surface area contributed by atoms with Crippen molar-refractivity contribution in [2.75, 3.05) is 10.0 Å². The Labute approximate surface area is 164 Å². The van der Waals surface area contributed by atoms with E-state index in [1.54, 1.807) is 0 Å². The number of hydrogen-bond acceptors (Lipinski definition) is 2. The van der Waals surface area contributed by atoms with Crippen LogP contribution >= 0.6 is 31.9 Å². The van der Waals surface area contributed by atoms with E-state index in [0.717, 1.165) is 21.8 Å². The first-order valence-electron chi connectivity index (χ1n) is 8.22. The molecule has 0 radical (unpaired) electrons. The maximum atomic E-state index is 13.0. The summed E-state index contributed by atoms with van der Waals surface area (Å²) in [6.07, 6.45) is 2.38. The summed E-state index contributed by atoms with van der Waals surface area (Å²) in [5, 5.41) is 3.00. The molecule has 1 aliphatic rings. The summed E-state index contributed by atoms with van der Waals surface area (Å²) in [6, 6.07) is 14.8. The van der Waals surface area contributed by atoms with Gasteiger partial charge < -0.3 is 0 Å². The van der Waals surface area contributed by atoms with Gasteiger partial charge in [0, 0.05) is 8.95 Å². The standard InChI is InChI=1S/C19H18Br2N2O2/c1-2-3-4-17-18(24)22(15-9-5-13(20)6-10-15)23(19(17)25)16-11-7-14(21)8-12-16/h5-12,17H,2-4H2,1H3. The van der Waals surface area contributed by atoms with Crippen LogP contribution in [0.4, 0.5) is 11.4 Å². The quantitative estimate of drug-likeness (QED) is 0.561. The molecule has 0 aromatic heterocycles. The van der Waals surface area contributed by atoms with Gasteiger partial charge >= 0.3 is 0 Å². The zero-order valence-corrected chi connectivity index (χ0v) is 17.0. The van der Waals surface area contributed by atoms with Gasteiger partial charge in [0.1, 0.15) is 5.92 Å². The molecule has 1 aliphatic heterocycles. The van der Waals surface area contributed by atoms with Gasteiger partial charge in [-0.25, -0.2) is 10.0 Å². The number of unbranched alkanes of at least 4 members (excludes halogenated alkanes) is 1. The van der Waals surface area contributed by atoms with E-state index in [1.165, 1.54) is 10.0 Å². The van der Waals surface area contributed by atoms with Gasteiger partial charge in [-0.1, -0.05) is 51.6 Å². The predicted molar refractivity (Wildman–Crippen MR) is 106 cm³/mol. The molecule has 0 atom stereocenters. The van der Waals surface area contributed by atoms with Gasteiger partial charge in [0.2, 0.25) is 0 Å². The molecule has 0 saturated carbocycles. The fraction of sp³-hybridized carbons (Fsp3) is 0.263. The maximum absolute atomic E-state index is 13.0. The molecule has 130 valence electrons. The van der Waals surface area contributed by atoms with Gasteiger partial charge in [0.15, 0.2) is 0 Å². The molecule has 3 rings (SSSR count). The first-order chi connectivity index (χ1) is 12.0. The van der Waals surface area contributed by atoms with Crippen LogP contribution in [0.1, 0.15) is 26.2 Å². The molecular weight excluding hydrogens is 448 g/mol. The van der Waals surface area contributed by atoms with Crippen LogP contribution in [0.2, 0.25) is 0 Å². The monoisotopic (exact) mass is 464 g/mol. The molecule has 1 fully saturated rings. The average molecular weight is 466 g/mol. The van der Waals surface area contributed by atoms with Gasteiger partial charge in [-0.05, 0) is 55.0 Å². The number of hydrogen-bond donors (Lipinski definition) is 0. The van der Waals surface area contributed by atoms with Crippen molar-refractivity contribution >= 4 is 55.0 Å². The third-order valence-electron chi connectivity index (χ3n) is 4.20. The zero-order chi connectivity index (χ0) is 18.0. The molecule has 0 N–H and O–H groups in total. The predicted octanol–water partition coefficient (Wildman–Crippen LogP) is 5.31. The fourth-order valence-corrected chi connectivity index (χ4v) is 3.43. The van der Waals surface area contributed by atoms with Crippen molar-refractivity contribution in [2.45, 2.75) is 26.2 Å². The highest BCUT2D eigenvalue weighted by Crippen LogP contribution is 2.34. The summed E-state index contributed by atoms with van der Waals surface area (Å²) in [5.41, 5.74) is 1.37. The highest BCUT2D eigenvalue weighted by molar-refractivity contribution is 9.10. The highest BCUT2D eigenvalue weighted by Gasteiger charge is 2.46. The van der Waals surface area contributed by atoms with Gasteiger partial charge in [-0.15, -0.1) is 0 Å². The molecule has 1 saturated heterocycles. The van der Waals surface area contributed by atoms with Crippen LogP contribution in [0.25, 0.3) is 0 Å². The third-order valence-corrected chi connectivity index (χ3v) is 5.26. The minimum Gasteiger partial charge on any atom is -0.272 e. The SMILES string of the molecule is CCCCC1C(=O)N(c2ccc(Br)cc2)N(c2ccc(Br)cc2)C1=O. The topological polar surface area (TPSA) is 40.6 Å². The Balaban J connectivity index is 2.03. The van der Waals surface area contributed by atoms with E-state index in [-0.39, 0.29) is 11.8 Å². The first-order valence-corrected chi connectivity index (χ1v) is 9.80. The lowest BCUT2D eigenvalue weighted by atomic mass is 10.0. The van der Waals surface area contributed by atoms with Crippen LogP contribution in [0.15, 0.2) is 57.5 Å². The Kier molecular flexibility index (Phi) is 5.59. The third kappa shape index (κ3) is 3.65. The summed E-state index contributed by atoms with van der Waals surface area (Å²) in [5.74, 6) is -0.945. The van der Waals surface area contributed by atoms with Gasteiger partial charge in [-0.2, -0.15) is 0 Å². The lowest BCUT2D eigenvalue weighted by molar-refractivity contribution is -0.127. The second kappa shape index (κ2) is 7.70. The molecule has 6 heteroatoms. The molecule has 2 aromatic carbocycles. The second-order valence-corrected chi connectivity index (χ2v) is 7.78.